The van der Waals surface area contributed by atoms with Gasteiger partial charge in [0.2, 0.25) is 5.91 Å². The molecule has 1 unspecified atom stereocenters. The molecule has 1 fully saturated rings. The average molecular weight is 277 g/mol. The molecule has 0 radical (unpaired) electrons. The molecule has 0 aliphatic carbocycles. The Morgan fingerprint density at radius 1 is 1.50 bits per heavy atom. The highest BCUT2D eigenvalue weighted by Crippen LogP contribution is 2.06. The Balaban J connectivity index is 0.00000289. The van der Waals surface area contributed by atoms with Crippen molar-refractivity contribution >= 4 is 24.3 Å². The second kappa shape index (κ2) is 8.91. The van der Waals surface area contributed by atoms with Crippen molar-refractivity contribution in [2.75, 3.05) is 26.2 Å². The molecule has 7 heteroatoms. The number of nitrogens with zero attached hydrogens (tertiary/aromatic N) is 1. The number of nitrogens with two attached hydrogens (primary N) is 1. The summed E-state index contributed by atoms with van der Waals surface area (Å²) in [7, 11) is 0. The van der Waals surface area contributed by atoms with Crippen LogP contribution in [0.1, 0.15) is 12.8 Å². The number of urea groups is 1. The summed E-state index contributed by atoms with van der Waals surface area (Å²) in [5.74, 6) is -0.305. The molecule has 3 amide bonds. The fourth-order valence-corrected chi connectivity index (χ4v) is 1.81. The van der Waals surface area contributed by atoms with E-state index in [2.05, 4.69) is 17.2 Å². The number of rotatable bonds is 4. The first-order valence-electron chi connectivity index (χ1n) is 5.78. The van der Waals surface area contributed by atoms with Crippen LogP contribution in [0, 0.1) is 0 Å². The topological polar surface area (TPSA) is 87.5 Å². The number of halogens is 1. The molecule has 1 aliphatic heterocycles. The summed E-state index contributed by atoms with van der Waals surface area (Å²) in [6.07, 6.45) is 3.54. The van der Waals surface area contributed by atoms with Crippen molar-refractivity contribution < 1.29 is 9.59 Å². The number of piperidine rings is 1. The zero-order valence-corrected chi connectivity index (χ0v) is 11.2. The second-order valence-electron chi connectivity index (χ2n) is 4.18. The quantitative estimate of drug-likeness (QED) is 0.623. The van der Waals surface area contributed by atoms with E-state index in [0.29, 0.717) is 13.1 Å². The Morgan fingerprint density at radius 3 is 2.83 bits per heavy atom. The SMILES string of the molecule is C=CCNC(=O)NC(=O)CN1CCCC(N)C1.Cl. The Morgan fingerprint density at radius 2 is 2.22 bits per heavy atom. The minimum Gasteiger partial charge on any atom is -0.334 e. The fraction of sp³-hybridized carbons (Fsp3) is 0.636. The zero-order chi connectivity index (χ0) is 12.7. The molecule has 1 saturated heterocycles. The standard InChI is InChI=1S/C11H20N4O2.ClH/c1-2-5-13-11(17)14-10(16)8-15-6-3-4-9(12)7-15;/h2,9H,1,3-8,12H2,(H2,13,14,16,17);1H. The predicted octanol–water partition coefficient (Wildman–Crippen LogP) is -0.157. The highest BCUT2D eigenvalue weighted by molar-refractivity contribution is 5.95. The van der Waals surface area contributed by atoms with Crippen molar-refractivity contribution in [3.05, 3.63) is 12.7 Å². The third kappa shape index (κ3) is 6.58. The molecule has 0 saturated carbocycles. The fourth-order valence-electron chi connectivity index (χ4n) is 1.81. The molecule has 18 heavy (non-hydrogen) atoms. The smallest absolute Gasteiger partial charge is 0.321 e. The van der Waals surface area contributed by atoms with Crippen LogP contribution in [0.5, 0.6) is 0 Å². The third-order valence-electron chi connectivity index (χ3n) is 2.57. The van der Waals surface area contributed by atoms with Crippen molar-refractivity contribution in [3.8, 4) is 0 Å². The molecule has 1 atom stereocenters. The molecule has 1 aliphatic rings. The Hall–Kier alpha value is -1.11. The normalized spacial score (nSPS) is 19.5. The van der Waals surface area contributed by atoms with Crippen molar-refractivity contribution in [2.45, 2.75) is 18.9 Å². The molecule has 0 aromatic carbocycles. The van der Waals surface area contributed by atoms with Gasteiger partial charge in [-0.05, 0) is 19.4 Å². The lowest BCUT2D eigenvalue weighted by atomic mass is 10.1. The minimum absolute atomic E-state index is 0. The second-order valence-corrected chi connectivity index (χ2v) is 4.18. The molecule has 0 aromatic rings. The van der Waals surface area contributed by atoms with Gasteiger partial charge in [0.1, 0.15) is 0 Å². The Kier molecular flexibility index (Phi) is 8.36. The number of hydrogen-bond donors (Lipinski definition) is 3. The highest BCUT2D eigenvalue weighted by atomic mass is 35.5. The van der Waals surface area contributed by atoms with Crippen LogP contribution in [-0.4, -0.2) is 49.1 Å². The Labute approximate surface area is 113 Å². The summed E-state index contributed by atoms with van der Waals surface area (Å²) in [4.78, 5) is 24.7. The predicted molar refractivity (Wildman–Crippen MR) is 72.6 cm³/mol. The lowest BCUT2D eigenvalue weighted by Crippen LogP contribution is -2.49. The number of hydrogen-bond acceptors (Lipinski definition) is 4. The summed E-state index contributed by atoms with van der Waals surface area (Å²) in [6, 6.07) is -0.359. The van der Waals surface area contributed by atoms with Gasteiger partial charge in [0, 0.05) is 19.1 Å². The summed E-state index contributed by atoms with van der Waals surface area (Å²) in [6.45, 7) is 5.59. The lowest BCUT2D eigenvalue weighted by Gasteiger charge is -2.29. The van der Waals surface area contributed by atoms with Crippen LogP contribution >= 0.6 is 12.4 Å². The molecule has 4 N–H and O–H groups in total. The van der Waals surface area contributed by atoms with Crippen LogP contribution in [0.2, 0.25) is 0 Å². The summed E-state index contributed by atoms with van der Waals surface area (Å²) >= 11 is 0. The van der Waals surface area contributed by atoms with Gasteiger partial charge in [-0.1, -0.05) is 6.08 Å². The number of amides is 3. The van der Waals surface area contributed by atoms with Crippen LogP contribution in [0.15, 0.2) is 12.7 Å². The summed E-state index contributed by atoms with van der Waals surface area (Å²) < 4.78 is 0. The maximum Gasteiger partial charge on any atom is 0.321 e. The van der Waals surface area contributed by atoms with Gasteiger partial charge >= 0.3 is 6.03 Å². The van der Waals surface area contributed by atoms with Crippen molar-refractivity contribution in [2.24, 2.45) is 5.73 Å². The first kappa shape index (κ1) is 16.9. The van der Waals surface area contributed by atoms with Crippen LogP contribution in [0.25, 0.3) is 0 Å². The average Bonchev–Trinajstić information content (AvgIpc) is 2.26. The molecule has 0 spiro atoms. The molecule has 6 nitrogen and oxygen atoms in total. The van der Waals surface area contributed by atoms with E-state index >= 15 is 0 Å². The number of carbonyl (C=O) groups is 2. The summed E-state index contributed by atoms with van der Waals surface area (Å²) in [5.41, 5.74) is 5.80. The van der Waals surface area contributed by atoms with Gasteiger partial charge in [-0.25, -0.2) is 4.79 Å². The molecular weight excluding hydrogens is 256 g/mol. The first-order valence-corrected chi connectivity index (χ1v) is 5.78. The van der Waals surface area contributed by atoms with Gasteiger partial charge in [-0.15, -0.1) is 19.0 Å². The van der Waals surface area contributed by atoms with E-state index in [1.807, 2.05) is 4.90 Å². The number of imide groups is 1. The van der Waals surface area contributed by atoms with E-state index in [1.54, 1.807) is 6.08 Å². The molecule has 1 heterocycles. The van der Waals surface area contributed by atoms with E-state index in [0.717, 1.165) is 19.4 Å². The van der Waals surface area contributed by atoms with Crippen molar-refractivity contribution in [1.29, 1.82) is 0 Å². The van der Waals surface area contributed by atoms with Gasteiger partial charge in [-0.3, -0.25) is 15.0 Å². The molecular formula is C11H21ClN4O2. The van der Waals surface area contributed by atoms with Crippen LogP contribution in [-0.2, 0) is 4.79 Å². The van der Waals surface area contributed by atoms with E-state index < -0.39 is 6.03 Å². The van der Waals surface area contributed by atoms with Crippen molar-refractivity contribution in [3.63, 3.8) is 0 Å². The van der Waals surface area contributed by atoms with Gasteiger partial charge in [0.05, 0.1) is 6.54 Å². The Bertz CT molecular complexity index is 299. The first-order chi connectivity index (χ1) is 8.11. The number of nitrogens with one attached hydrogen (secondary N) is 2. The van der Waals surface area contributed by atoms with Gasteiger partial charge in [0.25, 0.3) is 0 Å². The maximum absolute atomic E-state index is 11.5. The third-order valence-corrected chi connectivity index (χ3v) is 2.57. The van der Waals surface area contributed by atoms with Crippen LogP contribution < -0.4 is 16.4 Å². The van der Waals surface area contributed by atoms with E-state index in [9.17, 15) is 9.59 Å². The molecule has 104 valence electrons. The number of carbonyl (C=O) groups excluding carboxylic acids is 2. The van der Waals surface area contributed by atoms with Gasteiger partial charge in [0.15, 0.2) is 0 Å². The monoisotopic (exact) mass is 276 g/mol. The summed E-state index contributed by atoms with van der Waals surface area (Å²) in [5, 5.41) is 4.73. The van der Waals surface area contributed by atoms with Crippen LogP contribution in [0.3, 0.4) is 0 Å². The maximum atomic E-state index is 11.5. The minimum atomic E-state index is -0.490. The largest absolute Gasteiger partial charge is 0.334 e. The molecule has 0 aromatic heterocycles. The molecule has 1 rings (SSSR count). The lowest BCUT2D eigenvalue weighted by molar-refractivity contribution is -0.121. The van der Waals surface area contributed by atoms with E-state index in [4.69, 9.17) is 5.73 Å². The number of likely N-dealkylation sites (tertiary alicyclic amines) is 1. The van der Waals surface area contributed by atoms with E-state index in [-0.39, 0.29) is 30.9 Å². The molecule has 0 bridgehead atoms. The van der Waals surface area contributed by atoms with Crippen molar-refractivity contribution in [1.82, 2.24) is 15.5 Å². The zero-order valence-electron chi connectivity index (χ0n) is 10.4. The van der Waals surface area contributed by atoms with E-state index in [1.165, 1.54) is 0 Å². The van der Waals surface area contributed by atoms with Gasteiger partial charge in [-0.2, -0.15) is 0 Å². The highest BCUT2D eigenvalue weighted by Gasteiger charge is 2.19. The van der Waals surface area contributed by atoms with Gasteiger partial charge < -0.3 is 11.1 Å². The van der Waals surface area contributed by atoms with Crippen LogP contribution in [0.4, 0.5) is 4.79 Å².